The molecule has 0 spiro atoms. The molecule has 0 aromatic heterocycles. The summed E-state index contributed by atoms with van der Waals surface area (Å²) in [5, 5.41) is 0. The van der Waals surface area contributed by atoms with Crippen LogP contribution in [0.1, 0.15) is 36.4 Å². The lowest BCUT2D eigenvalue weighted by Gasteiger charge is -2.27. The molecule has 3 N–H and O–H groups in total. The molecule has 0 aliphatic heterocycles. The molecular formula is C16H18BrFN2. The first-order valence-corrected chi connectivity index (χ1v) is 7.42. The van der Waals surface area contributed by atoms with Gasteiger partial charge < -0.3 is 0 Å². The highest BCUT2D eigenvalue weighted by molar-refractivity contribution is 9.10. The first-order valence-electron chi connectivity index (χ1n) is 6.63. The molecule has 0 aliphatic rings. The number of hydrogen-bond donors (Lipinski definition) is 2. The average Bonchev–Trinajstić information content (AvgIpc) is 2.48. The van der Waals surface area contributed by atoms with Crippen LogP contribution in [-0.4, -0.2) is 0 Å². The van der Waals surface area contributed by atoms with Crippen LogP contribution < -0.4 is 11.3 Å². The molecule has 0 aliphatic carbocycles. The Kier molecular flexibility index (Phi) is 5.29. The number of hydrogen-bond acceptors (Lipinski definition) is 2. The predicted molar refractivity (Wildman–Crippen MR) is 83.6 cm³/mol. The normalized spacial score (nSPS) is 14.0. The molecule has 0 amide bonds. The molecule has 106 valence electrons. The van der Waals surface area contributed by atoms with E-state index >= 15 is 0 Å². The third-order valence-corrected chi connectivity index (χ3v) is 4.04. The van der Waals surface area contributed by atoms with Gasteiger partial charge in [-0.2, -0.15) is 0 Å². The van der Waals surface area contributed by atoms with Crippen molar-refractivity contribution < 1.29 is 4.39 Å². The smallest absolute Gasteiger partial charge is 0.128 e. The Balaban J connectivity index is 2.42. The monoisotopic (exact) mass is 336 g/mol. The summed E-state index contributed by atoms with van der Waals surface area (Å²) >= 11 is 3.39. The number of halogens is 2. The van der Waals surface area contributed by atoms with Crippen LogP contribution in [0.5, 0.6) is 0 Å². The number of nitrogens with one attached hydrogen (secondary N) is 1. The van der Waals surface area contributed by atoms with E-state index in [0.29, 0.717) is 5.56 Å². The van der Waals surface area contributed by atoms with Gasteiger partial charge >= 0.3 is 0 Å². The standard InChI is InChI=1S/C16H18BrFN2/c1-2-13(11-6-4-3-5-7-11)16(20-19)14-10-12(17)8-9-15(14)18/h3-10,13,16,20H,2,19H2,1H3. The van der Waals surface area contributed by atoms with Crippen molar-refractivity contribution in [2.24, 2.45) is 5.84 Å². The van der Waals surface area contributed by atoms with Crippen LogP contribution in [0.4, 0.5) is 4.39 Å². The maximum Gasteiger partial charge on any atom is 0.128 e. The zero-order valence-corrected chi connectivity index (χ0v) is 12.9. The van der Waals surface area contributed by atoms with E-state index < -0.39 is 0 Å². The maximum absolute atomic E-state index is 14.1. The van der Waals surface area contributed by atoms with Crippen LogP contribution in [0.2, 0.25) is 0 Å². The van der Waals surface area contributed by atoms with E-state index in [4.69, 9.17) is 5.84 Å². The molecule has 0 saturated heterocycles. The molecule has 2 atom stereocenters. The molecule has 2 unspecified atom stereocenters. The predicted octanol–water partition coefficient (Wildman–Crippen LogP) is 4.29. The Morgan fingerprint density at radius 3 is 2.50 bits per heavy atom. The van der Waals surface area contributed by atoms with Crippen molar-refractivity contribution in [2.45, 2.75) is 25.3 Å². The Bertz CT molecular complexity index is 560. The fourth-order valence-electron chi connectivity index (χ4n) is 2.54. The Morgan fingerprint density at radius 2 is 1.90 bits per heavy atom. The summed E-state index contributed by atoms with van der Waals surface area (Å²) < 4.78 is 14.9. The van der Waals surface area contributed by atoms with Gasteiger partial charge in [0.2, 0.25) is 0 Å². The minimum absolute atomic E-state index is 0.116. The van der Waals surface area contributed by atoms with Crippen molar-refractivity contribution in [1.29, 1.82) is 0 Å². The highest BCUT2D eigenvalue weighted by Gasteiger charge is 2.25. The molecule has 20 heavy (non-hydrogen) atoms. The van der Waals surface area contributed by atoms with E-state index in [1.807, 2.05) is 30.3 Å². The van der Waals surface area contributed by atoms with Crippen LogP contribution in [-0.2, 0) is 0 Å². The minimum atomic E-state index is -0.264. The molecule has 2 nitrogen and oxygen atoms in total. The summed E-state index contributed by atoms with van der Waals surface area (Å²) in [5.74, 6) is 5.58. The van der Waals surface area contributed by atoms with Gasteiger partial charge in [-0.25, -0.2) is 4.39 Å². The second-order valence-electron chi connectivity index (χ2n) is 4.74. The Hall–Kier alpha value is -1.23. The van der Waals surface area contributed by atoms with E-state index in [9.17, 15) is 4.39 Å². The molecular weight excluding hydrogens is 319 g/mol. The fraction of sp³-hybridized carbons (Fsp3) is 0.250. The molecule has 0 radical (unpaired) electrons. The van der Waals surface area contributed by atoms with Crippen molar-refractivity contribution in [3.05, 3.63) is 69.9 Å². The lowest BCUT2D eigenvalue weighted by atomic mass is 9.85. The summed E-state index contributed by atoms with van der Waals surface area (Å²) in [5.41, 5.74) is 4.51. The largest absolute Gasteiger partial charge is 0.271 e. The molecule has 2 aromatic carbocycles. The van der Waals surface area contributed by atoms with Gasteiger partial charge in [-0.1, -0.05) is 53.2 Å². The molecule has 4 heteroatoms. The van der Waals surface area contributed by atoms with Gasteiger partial charge in [0, 0.05) is 16.0 Å². The van der Waals surface area contributed by atoms with E-state index in [1.165, 1.54) is 6.07 Å². The number of rotatable bonds is 5. The number of benzene rings is 2. The molecule has 0 bridgehead atoms. The van der Waals surface area contributed by atoms with Crippen LogP contribution in [0.3, 0.4) is 0 Å². The van der Waals surface area contributed by atoms with E-state index in [2.05, 4.69) is 28.3 Å². The van der Waals surface area contributed by atoms with Gasteiger partial charge in [-0.3, -0.25) is 11.3 Å². The van der Waals surface area contributed by atoms with Gasteiger partial charge in [0.1, 0.15) is 5.82 Å². The van der Waals surface area contributed by atoms with Crippen LogP contribution in [0.25, 0.3) is 0 Å². The fourth-order valence-corrected chi connectivity index (χ4v) is 2.92. The topological polar surface area (TPSA) is 38.0 Å². The lowest BCUT2D eigenvalue weighted by Crippen LogP contribution is -2.33. The third-order valence-electron chi connectivity index (χ3n) is 3.54. The van der Waals surface area contributed by atoms with Crippen molar-refractivity contribution in [3.63, 3.8) is 0 Å². The zero-order chi connectivity index (χ0) is 14.5. The summed E-state index contributed by atoms with van der Waals surface area (Å²) in [4.78, 5) is 0. The van der Waals surface area contributed by atoms with E-state index in [0.717, 1.165) is 16.5 Å². The lowest BCUT2D eigenvalue weighted by molar-refractivity contribution is 0.427. The van der Waals surface area contributed by atoms with Gasteiger partial charge in [-0.05, 0) is 30.2 Å². The summed E-state index contributed by atoms with van der Waals surface area (Å²) in [7, 11) is 0. The second-order valence-corrected chi connectivity index (χ2v) is 5.65. The first-order chi connectivity index (χ1) is 9.67. The van der Waals surface area contributed by atoms with E-state index in [-0.39, 0.29) is 17.8 Å². The molecule has 2 rings (SSSR count). The summed E-state index contributed by atoms with van der Waals surface area (Å²) in [6, 6.07) is 14.7. The van der Waals surface area contributed by atoms with Crippen molar-refractivity contribution >= 4 is 15.9 Å². The Labute approximate surface area is 127 Å². The van der Waals surface area contributed by atoms with Crippen LogP contribution in [0.15, 0.2) is 53.0 Å². The highest BCUT2D eigenvalue weighted by Crippen LogP contribution is 2.35. The van der Waals surface area contributed by atoms with E-state index in [1.54, 1.807) is 12.1 Å². The molecule has 0 heterocycles. The van der Waals surface area contributed by atoms with Crippen LogP contribution in [0, 0.1) is 5.82 Å². The number of hydrazine groups is 1. The van der Waals surface area contributed by atoms with Gasteiger partial charge in [0.15, 0.2) is 0 Å². The minimum Gasteiger partial charge on any atom is -0.271 e. The molecule has 0 saturated carbocycles. The summed E-state index contributed by atoms with van der Waals surface area (Å²) in [6.45, 7) is 2.08. The second kappa shape index (κ2) is 6.97. The van der Waals surface area contributed by atoms with Gasteiger partial charge in [0.05, 0.1) is 6.04 Å². The van der Waals surface area contributed by atoms with Gasteiger partial charge in [0.25, 0.3) is 0 Å². The molecule has 2 aromatic rings. The third kappa shape index (κ3) is 3.26. The van der Waals surface area contributed by atoms with Crippen molar-refractivity contribution in [3.8, 4) is 0 Å². The highest BCUT2D eigenvalue weighted by atomic mass is 79.9. The summed E-state index contributed by atoms with van der Waals surface area (Å²) in [6.07, 6.45) is 0.866. The number of nitrogens with two attached hydrogens (primary N) is 1. The van der Waals surface area contributed by atoms with Crippen molar-refractivity contribution in [1.82, 2.24) is 5.43 Å². The van der Waals surface area contributed by atoms with Crippen LogP contribution >= 0.6 is 15.9 Å². The SMILES string of the molecule is CCC(c1ccccc1)C(NN)c1cc(Br)ccc1F. The van der Waals surface area contributed by atoms with Crippen molar-refractivity contribution in [2.75, 3.05) is 0 Å². The van der Waals surface area contributed by atoms with Gasteiger partial charge in [-0.15, -0.1) is 0 Å². The molecule has 0 fully saturated rings. The average molecular weight is 337 g/mol. The first kappa shape index (κ1) is 15.2. The maximum atomic E-state index is 14.1. The Morgan fingerprint density at radius 1 is 1.20 bits per heavy atom. The zero-order valence-electron chi connectivity index (χ0n) is 11.3. The quantitative estimate of drug-likeness (QED) is 0.631.